The standard InChI is InChI=1S/C16H17ClN2O2/c1-10(18)15(12-3-2-4-13(17)9-12)21-14-7-5-11(6-8-14)16(19)20/h2-10,15H,18H2,1H3,(H2,19,20). The molecule has 5 heteroatoms. The van der Waals surface area contributed by atoms with Gasteiger partial charge in [0.05, 0.1) is 0 Å². The van der Waals surface area contributed by atoms with E-state index in [1.807, 2.05) is 25.1 Å². The van der Waals surface area contributed by atoms with Crippen molar-refractivity contribution in [2.45, 2.75) is 19.1 Å². The fourth-order valence-corrected chi connectivity index (χ4v) is 2.21. The molecule has 0 radical (unpaired) electrons. The minimum absolute atomic E-state index is 0.223. The molecule has 0 aliphatic rings. The first kappa shape index (κ1) is 15.4. The predicted molar refractivity (Wildman–Crippen MR) is 83.4 cm³/mol. The third kappa shape index (κ3) is 3.97. The number of carbonyl (C=O) groups is 1. The van der Waals surface area contributed by atoms with Crippen LogP contribution < -0.4 is 16.2 Å². The van der Waals surface area contributed by atoms with E-state index >= 15 is 0 Å². The highest BCUT2D eigenvalue weighted by Gasteiger charge is 2.18. The molecule has 0 bridgehead atoms. The summed E-state index contributed by atoms with van der Waals surface area (Å²) in [5.41, 5.74) is 12.5. The van der Waals surface area contributed by atoms with Crippen molar-refractivity contribution in [1.29, 1.82) is 0 Å². The average Bonchev–Trinajstić information content (AvgIpc) is 2.45. The number of primary amides is 1. The number of nitrogens with two attached hydrogens (primary N) is 2. The van der Waals surface area contributed by atoms with Gasteiger partial charge >= 0.3 is 0 Å². The van der Waals surface area contributed by atoms with Crippen LogP contribution in [0.25, 0.3) is 0 Å². The number of ether oxygens (including phenoxy) is 1. The lowest BCUT2D eigenvalue weighted by atomic mass is 10.0. The number of benzene rings is 2. The summed E-state index contributed by atoms with van der Waals surface area (Å²) < 4.78 is 5.92. The molecule has 0 fully saturated rings. The van der Waals surface area contributed by atoms with Gasteiger partial charge in [0.2, 0.25) is 5.91 Å². The molecule has 2 unspecified atom stereocenters. The summed E-state index contributed by atoms with van der Waals surface area (Å²) in [5, 5.41) is 0.630. The molecule has 1 amide bonds. The van der Waals surface area contributed by atoms with Crippen molar-refractivity contribution in [3.8, 4) is 5.75 Å². The third-order valence-electron chi connectivity index (χ3n) is 3.06. The van der Waals surface area contributed by atoms with Crippen molar-refractivity contribution in [2.24, 2.45) is 11.5 Å². The van der Waals surface area contributed by atoms with E-state index < -0.39 is 5.91 Å². The van der Waals surface area contributed by atoms with E-state index in [0.29, 0.717) is 16.3 Å². The molecule has 2 rings (SSSR count). The molecule has 0 saturated heterocycles. The van der Waals surface area contributed by atoms with Crippen molar-refractivity contribution in [3.63, 3.8) is 0 Å². The van der Waals surface area contributed by atoms with Crippen LogP contribution >= 0.6 is 11.6 Å². The highest BCUT2D eigenvalue weighted by Crippen LogP contribution is 2.26. The van der Waals surface area contributed by atoms with Crippen LogP contribution in [0.4, 0.5) is 0 Å². The van der Waals surface area contributed by atoms with Crippen LogP contribution in [0.1, 0.15) is 28.9 Å². The Kier molecular flexibility index (Phi) is 4.83. The Morgan fingerprint density at radius 1 is 1.19 bits per heavy atom. The first-order valence-electron chi connectivity index (χ1n) is 6.55. The van der Waals surface area contributed by atoms with E-state index in [1.165, 1.54) is 0 Å². The van der Waals surface area contributed by atoms with Crippen LogP contribution in [-0.2, 0) is 0 Å². The fourth-order valence-electron chi connectivity index (χ4n) is 2.01. The number of rotatable bonds is 5. The Labute approximate surface area is 128 Å². The number of carbonyl (C=O) groups excluding carboxylic acids is 1. The molecule has 0 spiro atoms. The van der Waals surface area contributed by atoms with Crippen molar-refractivity contribution in [3.05, 3.63) is 64.7 Å². The molecule has 4 N–H and O–H groups in total. The van der Waals surface area contributed by atoms with Gasteiger partial charge < -0.3 is 16.2 Å². The lowest BCUT2D eigenvalue weighted by Crippen LogP contribution is -2.29. The van der Waals surface area contributed by atoms with Gasteiger partial charge in [-0.15, -0.1) is 0 Å². The van der Waals surface area contributed by atoms with Gasteiger partial charge in [0.15, 0.2) is 0 Å². The van der Waals surface area contributed by atoms with Gasteiger partial charge in [-0.05, 0) is 48.9 Å². The summed E-state index contributed by atoms with van der Waals surface area (Å²) >= 11 is 6.00. The summed E-state index contributed by atoms with van der Waals surface area (Å²) in [4.78, 5) is 11.0. The molecule has 110 valence electrons. The topological polar surface area (TPSA) is 78.3 Å². The van der Waals surface area contributed by atoms with Gasteiger partial charge in [-0.3, -0.25) is 4.79 Å². The minimum Gasteiger partial charge on any atom is -0.484 e. The highest BCUT2D eigenvalue weighted by molar-refractivity contribution is 6.30. The number of halogens is 1. The molecule has 2 aromatic carbocycles. The summed E-state index contributed by atoms with van der Waals surface area (Å²) in [6.45, 7) is 1.86. The maximum atomic E-state index is 11.0. The molecule has 4 nitrogen and oxygen atoms in total. The van der Waals surface area contributed by atoms with Crippen LogP contribution in [0.15, 0.2) is 48.5 Å². The largest absolute Gasteiger partial charge is 0.484 e. The molecule has 0 aliphatic carbocycles. The van der Waals surface area contributed by atoms with Gasteiger partial charge in [0, 0.05) is 16.6 Å². The van der Waals surface area contributed by atoms with Crippen molar-refractivity contribution in [2.75, 3.05) is 0 Å². The van der Waals surface area contributed by atoms with Gasteiger partial charge in [-0.2, -0.15) is 0 Å². The SMILES string of the molecule is CC(N)C(Oc1ccc(C(N)=O)cc1)c1cccc(Cl)c1. The molecule has 0 saturated carbocycles. The Balaban J connectivity index is 2.22. The number of hydrogen-bond donors (Lipinski definition) is 2. The van der Waals surface area contributed by atoms with Crippen LogP contribution in [-0.4, -0.2) is 11.9 Å². The zero-order chi connectivity index (χ0) is 15.4. The van der Waals surface area contributed by atoms with Crippen LogP contribution in [0.2, 0.25) is 5.02 Å². The lowest BCUT2D eigenvalue weighted by Gasteiger charge is -2.23. The molecule has 0 aromatic heterocycles. The molecule has 2 aromatic rings. The maximum absolute atomic E-state index is 11.0. The summed E-state index contributed by atoms with van der Waals surface area (Å²) in [6, 6.07) is 13.8. The number of hydrogen-bond acceptors (Lipinski definition) is 3. The Morgan fingerprint density at radius 3 is 2.38 bits per heavy atom. The average molecular weight is 305 g/mol. The zero-order valence-electron chi connectivity index (χ0n) is 11.6. The van der Waals surface area contributed by atoms with Gasteiger partial charge in [0.1, 0.15) is 11.9 Å². The molecule has 0 aliphatic heterocycles. The van der Waals surface area contributed by atoms with E-state index in [9.17, 15) is 4.79 Å². The summed E-state index contributed by atoms with van der Waals surface area (Å²) in [6.07, 6.45) is -0.330. The summed E-state index contributed by atoms with van der Waals surface area (Å²) in [7, 11) is 0. The third-order valence-corrected chi connectivity index (χ3v) is 3.29. The molecule has 0 heterocycles. The van der Waals surface area contributed by atoms with Crippen LogP contribution in [0, 0.1) is 0 Å². The molecular weight excluding hydrogens is 288 g/mol. The van der Waals surface area contributed by atoms with Gasteiger partial charge in [0.25, 0.3) is 0 Å². The zero-order valence-corrected chi connectivity index (χ0v) is 12.4. The van der Waals surface area contributed by atoms with Crippen molar-refractivity contribution in [1.82, 2.24) is 0 Å². The molecule has 21 heavy (non-hydrogen) atoms. The smallest absolute Gasteiger partial charge is 0.248 e. The van der Waals surface area contributed by atoms with Crippen LogP contribution in [0.5, 0.6) is 5.75 Å². The molecule has 2 atom stereocenters. The molecular formula is C16H17ClN2O2. The first-order chi connectivity index (χ1) is 9.97. The fraction of sp³-hybridized carbons (Fsp3) is 0.188. The maximum Gasteiger partial charge on any atom is 0.248 e. The van der Waals surface area contributed by atoms with Gasteiger partial charge in [-0.25, -0.2) is 0 Å². The Bertz CT molecular complexity index is 626. The van der Waals surface area contributed by atoms with E-state index in [1.54, 1.807) is 30.3 Å². The monoisotopic (exact) mass is 304 g/mol. The predicted octanol–water partition coefficient (Wildman–Crippen LogP) is 2.91. The Hall–Kier alpha value is -2.04. The second-order valence-corrected chi connectivity index (χ2v) is 5.28. The Morgan fingerprint density at radius 2 is 1.86 bits per heavy atom. The number of amides is 1. The van der Waals surface area contributed by atoms with E-state index in [-0.39, 0.29) is 12.1 Å². The normalized spacial score (nSPS) is 13.5. The highest BCUT2D eigenvalue weighted by atomic mass is 35.5. The summed E-state index contributed by atoms with van der Waals surface area (Å²) in [5.74, 6) is 0.141. The van der Waals surface area contributed by atoms with Gasteiger partial charge in [-0.1, -0.05) is 23.7 Å². The van der Waals surface area contributed by atoms with Crippen molar-refractivity contribution >= 4 is 17.5 Å². The lowest BCUT2D eigenvalue weighted by molar-refractivity contribution is 0.1000. The second kappa shape index (κ2) is 6.61. The van der Waals surface area contributed by atoms with Crippen molar-refractivity contribution < 1.29 is 9.53 Å². The minimum atomic E-state index is -0.472. The first-order valence-corrected chi connectivity index (χ1v) is 6.92. The van der Waals surface area contributed by atoms with E-state index in [0.717, 1.165) is 5.56 Å². The van der Waals surface area contributed by atoms with E-state index in [2.05, 4.69) is 0 Å². The van der Waals surface area contributed by atoms with E-state index in [4.69, 9.17) is 27.8 Å². The van der Waals surface area contributed by atoms with Crippen LogP contribution in [0.3, 0.4) is 0 Å². The quantitative estimate of drug-likeness (QED) is 0.891. The second-order valence-electron chi connectivity index (χ2n) is 4.84.